The summed E-state index contributed by atoms with van der Waals surface area (Å²) >= 11 is 10.1. The van der Waals surface area contributed by atoms with Crippen LogP contribution >= 0.6 is 30.2 Å². The van der Waals surface area contributed by atoms with Crippen LogP contribution in [0.25, 0.3) is 10.9 Å². The van der Waals surface area contributed by atoms with Crippen LogP contribution in [0.15, 0.2) is 42.6 Å². The van der Waals surface area contributed by atoms with E-state index in [9.17, 15) is 27.7 Å². The molecule has 1 aromatic heterocycles. The number of halogens is 3. The van der Waals surface area contributed by atoms with Gasteiger partial charge < -0.3 is 19.3 Å². The SMILES string of the molecule is CCP(=O)(S)c1ccc2c(C(C)=O)cn(CC(=O)N3C[C@H](F)C[C@H]3C(=O)NCc3cccc(Cl)c3F)c2c1. The van der Waals surface area contributed by atoms with Gasteiger partial charge in [0.15, 0.2) is 12.1 Å². The van der Waals surface area contributed by atoms with Crippen LogP contribution in [-0.2, 0) is 27.2 Å². The fraction of sp³-hybridized carbons (Fsp3) is 0.346. The zero-order valence-electron chi connectivity index (χ0n) is 20.8. The number of ketones is 1. The molecule has 0 saturated carbocycles. The minimum Gasteiger partial charge on any atom is -0.350 e. The normalized spacial score (nSPS) is 18.9. The molecule has 1 saturated heterocycles. The number of amides is 2. The molecule has 7 nitrogen and oxygen atoms in total. The highest BCUT2D eigenvalue weighted by molar-refractivity contribution is 8.50. The van der Waals surface area contributed by atoms with Gasteiger partial charge in [-0.15, -0.1) is 12.2 Å². The highest BCUT2D eigenvalue weighted by atomic mass is 35.5. The molecule has 0 bridgehead atoms. The lowest BCUT2D eigenvalue weighted by atomic mass is 10.1. The minimum absolute atomic E-state index is 0.0847. The van der Waals surface area contributed by atoms with Gasteiger partial charge in [0, 0.05) is 47.1 Å². The predicted octanol–water partition coefficient (Wildman–Crippen LogP) is 4.74. The number of aromatic nitrogens is 1. The molecule has 1 unspecified atom stereocenters. The monoisotopic (exact) mass is 581 g/mol. The number of carbonyl (C=O) groups is 3. The maximum atomic E-state index is 14.4. The number of Topliss-reactive ketones (excluding diaryl/α,β-unsaturated/α-hetero) is 1. The van der Waals surface area contributed by atoms with Gasteiger partial charge in [0.1, 0.15) is 24.6 Å². The van der Waals surface area contributed by atoms with Crippen molar-refractivity contribution >= 4 is 64.0 Å². The Morgan fingerprint density at radius 2 is 1.97 bits per heavy atom. The van der Waals surface area contributed by atoms with Crippen LogP contribution in [0, 0.1) is 5.82 Å². The maximum absolute atomic E-state index is 14.4. The first kappa shape index (κ1) is 28.3. The molecule has 12 heteroatoms. The molecule has 202 valence electrons. The number of hydrogen-bond donors (Lipinski definition) is 2. The van der Waals surface area contributed by atoms with E-state index in [0.717, 1.165) is 4.90 Å². The number of fused-ring (bicyclic) bond motifs is 1. The lowest BCUT2D eigenvalue weighted by Gasteiger charge is -2.24. The van der Waals surface area contributed by atoms with E-state index in [2.05, 4.69) is 17.6 Å². The number of alkyl halides is 1. The number of rotatable bonds is 8. The smallest absolute Gasteiger partial charge is 0.243 e. The average molecular weight is 582 g/mol. The summed E-state index contributed by atoms with van der Waals surface area (Å²) in [5.74, 6) is -2.01. The predicted molar refractivity (Wildman–Crippen MR) is 147 cm³/mol. The Balaban J connectivity index is 1.58. The zero-order valence-corrected chi connectivity index (χ0v) is 23.3. The van der Waals surface area contributed by atoms with Gasteiger partial charge in [-0.05, 0) is 25.1 Å². The van der Waals surface area contributed by atoms with Gasteiger partial charge in [0.05, 0.1) is 17.1 Å². The van der Waals surface area contributed by atoms with Crippen molar-refractivity contribution in [1.29, 1.82) is 0 Å². The van der Waals surface area contributed by atoms with Crippen molar-refractivity contribution < 1.29 is 27.7 Å². The fourth-order valence-corrected chi connectivity index (χ4v) is 6.19. The Labute approximate surface area is 229 Å². The Morgan fingerprint density at radius 1 is 1.24 bits per heavy atom. The zero-order chi connectivity index (χ0) is 27.8. The van der Waals surface area contributed by atoms with Crippen LogP contribution in [0.5, 0.6) is 0 Å². The summed E-state index contributed by atoms with van der Waals surface area (Å²) in [6, 6.07) is 8.31. The number of benzene rings is 2. The lowest BCUT2D eigenvalue weighted by Crippen LogP contribution is -2.46. The van der Waals surface area contributed by atoms with E-state index in [1.807, 2.05) is 0 Å². The van der Waals surface area contributed by atoms with Gasteiger partial charge in [-0.25, -0.2) is 8.78 Å². The van der Waals surface area contributed by atoms with Gasteiger partial charge in [0.25, 0.3) is 0 Å². The van der Waals surface area contributed by atoms with Crippen LogP contribution in [-0.4, -0.2) is 52.0 Å². The van der Waals surface area contributed by atoms with Gasteiger partial charge in [-0.1, -0.05) is 36.7 Å². The Hall–Kier alpha value is -2.68. The number of thiol groups is 1. The van der Waals surface area contributed by atoms with Crippen molar-refractivity contribution in [3.63, 3.8) is 0 Å². The van der Waals surface area contributed by atoms with E-state index in [1.54, 1.807) is 35.8 Å². The summed E-state index contributed by atoms with van der Waals surface area (Å²) in [4.78, 5) is 39.7. The second-order valence-corrected chi connectivity index (χ2v) is 14.2. The number of hydrogen-bond acceptors (Lipinski definition) is 4. The molecule has 1 fully saturated rings. The first-order valence-corrected chi connectivity index (χ1v) is 15.5. The molecule has 4 rings (SSSR count). The molecular formula is C26H27ClF2N3O4PS. The van der Waals surface area contributed by atoms with E-state index in [4.69, 9.17) is 11.6 Å². The molecule has 0 aliphatic carbocycles. The van der Waals surface area contributed by atoms with E-state index in [-0.39, 0.29) is 42.4 Å². The van der Waals surface area contributed by atoms with E-state index in [0.29, 0.717) is 27.9 Å². The third-order valence-electron chi connectivity index (χ3n) is 6.74. The number of likely N-dealkylation sites (tertiary alicyclic amines) is 1. The molecule has 1 N–H and O–H groups in total. The van der Waals surface area contributed by atoms with E-state index in [1.165, 1.54) is 25.3 Å². The summed E-state index contributed by atoms with van der Waals surface area (Å²) in [5.41, 5.74) is 1.06. The number of nitrogens with one attached hydrogen (secondary N) is 1. The van der Waals surface area contributed by atoms with Crippen LogP contribution in [0.4, 0.5) is 8.78 Å². The molecule has 2 heterocycles. The second-order valence-electron chi connectivity index (χ2n) is 9.27. The summed E-state index contributed by atoms with van der Waals surface area (Å²) in [5, 5.41) is 3.56. The topological polar surface area (TPSA) is 88.5 Å². The van der Waals surface area contributed by atoms with Gasteiger partial charge >= 0.3 is 0 Å². The molecule has 0 radical (unpaired) electrons. The fourth-order valence-electron chi connectivity index (χ4n) is 4.62. The molecule has 1 aliphatic heterocycles. The first-order valence-electron chi connectivity index (χ1n) is 12.0. The van der Waals surface area contributed by atoms with Crippen molar-refractivity contribution in [1.82, 2.24) is 14.8 Å². The van der Waals surface area contributed by atoms with Gasteiger partial charge in [0.2, 0.25) is 11.8 Å². The highest BCUT2D eigenvalue weighted by Gasteiger charge is 2.40. The largest absolute Gasteiger partial charge is 0.350 e. The summed E-state index contributed by atoms with van der Waals surface area (Å²) in [6.07, 6.45) is -2.67. The van der Waals surface area contributed by atoms with E-state index < -0.39 is 36.2 Å². The van der Waals surface area contributed by atoms with E-state index >= 15 is 0 Å². The molecule has 0 spiro atoms. The Bertz CT molecular complexity index is 1480. The summed E-state index contributed by atoms with van der Waals surface area (Å²) in [7, 11) is 0. The van der Waals surface area contributed by atoms with Crippen LogP contribution in [0.2, 0.25) is 5.02 Å². The lowest BCUT2D eigenvalue weighted by molar-refractivity contribution is -0.139. The maximum Gasteiger partial charge on any atom is 0.243 e. The molecule has 3 atom stereocenters. The standard InChI is InChI=1S/C26H27ClF2N3O4PS/c1-3-37(36,38)18-7-8-19-20(15(2)33)13-31(22(19)10-18)14-24(34)32-12-17(28)9-23(32)26(35)30-11-16-5-4-6-21(27)25(16)29/h4-8,10,13,17,23H,3,9,11-12,14H2,1-2H3,(H,30,35)(H,36,38)/t17-,23+,37?/m1/s1. The van der Waals surface area contributed by atoms with Crippen LogP contribution in [0.1, 0.15) is 36.2 Å². The van der Waals surface area contributed by atoms with Gasteiger partial charge in [-0.2, -0.15) is 0 Å². The average Bonchev–Trinajstić information content (AvgIpc) is 3.45. The summed E-state index contributed by atoms with van der Waals surface area (Å²) in [6.45, 7) is 2.45. The number of carbonyl (C=O) groups excluding carboxylic acids is 3. The Kier molecular flexibility index (Phi) is 8.35. The molecule has 1 aliphatic rings. The first-order chi connectivity index (χ1) is 17.9. The van der Waals surface area contributed by atoms with Crippen LogP contribution in [0.3, 0.4) is 0 Å². The van der Waals surface area contributed by atoms with Gasteiger partial charge in [-0.3, -0.25) is 14.4 Å². The molecule has 2 aromatic carbocycles. The van der Waals surface area contributed by atoms with Crippen molar-refractivity contribution in [2.24, 2.45) is 0 Å². The number of nitrogens with zero attached hydrogens (tertiary/aromatic N) is 2. The minimum atomic E-state index is -2.93. The quantitative estimate of drug-likeness (QED) is 0.228. The summed E-state index contributed by atoms with van der Waals surface area (Å²) < 4.78 is 43.0. The molecule has 2 amide bonds. The van der Waals surface area contributed by atoms with Crippen LogP contribution < -0.4 is 10.6 Å². The molecular weight excluding hydrogens is 555 g/mol. The van der Waals surface area contributed by atoms with Crippen molar-refractivity contribution in [3.05, 3.63) is 64.6 Å². The third-order valence-corrected chi connectivity index (χ3v) is 10.5. The third kappa shape index (κ3) is 5.67. The molecule has 38 heavy (non-hydrogen) atoms. The van der Waals surface area contributed by atoms with Crippen molar-refractivity contribution in [2.75, 3.05) is 12.7 Å². The Morgan fingerprint density at radius 3 is 2.66 bits per heavy atom. The van der Waals surface area contributed by atoms with Crippen molar-refractivity contribution in [3.8, 4) is 0 Å². The second kappa shape index (κ2) is 11.2. The van der Waals surface area contributed by atoms with Crippen molar-refractivity contribution in [2.45, 2.75) is 45.6 Å². The highest BCUT2D eigenvalue weighted by Crippen LogP contribution is 2.49. The molecule has 3 aromatic rings.